The van der Waals surface area contributed by atoms with Crippen LogP contribution in [0.25, 0.3) is 0 Å². The summed E-state index contributed by atoms with van der Waals surface area (Å²) < 4.78 is 5.83. The van der Waals surface area contributed by atoms with E-state index in [1.165, 1.54) is 5.56 Å². The molecular weight excluding hydrogens is 248 g/mol. The van der Waals surface area contributed by atoms with Gasteiger partial charge in [-0.25, -0.2) is 0 Å². The third-order valence-corrected chi connectivity index (χ3v) is 3.33. The second-order valence-electron chi connectivity index (χ2n) is 6.01. The molecule has 3 nitrogen and oxygen atoms in total. The van der Waals surface area contributed by atoms with Crippen LogP contribution in [0.5, 0.6) is 5.75 Å². The Bertz CT molecular complexity index is 360. The zero-order chi connectivity index (χ0) is 15.0. The van der Waals surface area contributed by atoms with Crippen LogP contribution >= 0.6 is 0 Å². The lowest BCUT2D eigenvalue weighted by Gasteiger charge is -2.28. The predicted molar refractivity (Wildman–Crippen MR) is 86.2 cm³/mol. The maximum absolute atomic E-state index is 5.83. The Morgan fingerprint density at radius 2 is 1.75 bits per heavy atom. The van der Waals surface area contributed by atoms with Crippen LogP contribution in [0.1, 0.15) is 33.3 Å². The molecule has 0 heterocycles. The summed E-state index contributed by atoms with van der Waals surface area (Å²) in [5.41, 5.74) is 6.81. The van der Waals surface area contributed by atoms with E-state index in [2.05, 4.69) is 44.7 Å². The van der Waals surface area contributed by atoms with Gasteiger partial charge in [-0.2, -0.15) is 0 Å². The number of benzene rings is 1. The summed E-state index contributed by atoms with van der Waals surface area (Å²) in [7, 11) is 0. The molecule has 0 aliphatic carbocycles. The van der Waals surface area contributed by atoms with Gasteiger partial charge in [-0.05, 0) is 50.4 Å². The molecule has 0 radical (unpaired) electrons. The van der Waals surface area contributed by atoms with E-state index in [1.807, 2.05) is 12.1 Å². The van der Waals surface area contributed by atoms with E-state index in [0.717, 1.165) is 31.9 Å². The normalized spacial score (nSPS) is 11.6. The molecule has 0 aliphatic heterocycles. The Kier molecular flexibility index (Phi) is 7.63. The molecule has 0 aliphatic rings. The minimum Gasteiger partial charge on any atom is -0.492 e. The summed E-state index contributed by atoms with van der Waals surface area (Å²) in [5.74, 6) is 1.63. The maximum Gasteiger partial charge on any atom is 0.119 e. The van der Waals surface area contributed by atoms with Crippen LogP contribution in [0.2, 0.25) is 0 Å². The molecule has 3 heteroatoms. The summed E-state index contributed by atoms with van der Waals surface area (Å²) >= 11 is 0. The van der Waals surface area contributed by atoms with E-state index in [1.54, 1.807) is 0 Å². The van der Waals surface area contributed by atoms with Crippen molar-refractivity contribution < 1.29 is 4.74 Å². The maximum atomic E-state index is 5.83. The number of ether oxygens (including phenoxy) is 1. The monoisotopic (exact) mass is 278 g/mol. The molecule has 0 spiro atoms. The minimum atomic E-state index is 0.563. The first-order valence-electron chi connectivity index (χ1n) is 7.68. The van der Waals surface area contributed by atoms with Crippen molar-refractivity contribution in [3.8, 4) is 5.75 Å². The van der Waals surface area contributed by atoms with Crippen molar-refractivity contribution in [2.45, 2.75) is 40.2 Å². The Hall–Kier alpha value is -1.06. The quantitative estimate of drug-likeness (QED) is 0.755. The summed E-state index contributed by atoms with van der Waals surface area (Å²) in [6.45, 7) is 12.5. The lowest BCUT2D eigenvalue weighted by atomic mass is 10.1. The molecule has 1 aromatic carbocycles. The SMILES string of the molecule is CC(C)CN(CCOc1ccc(CCN)cc1)C(C)C. The number of hydrogen-bond donors (Lipinski definition) is 1. The average Bonchev–Trinajstić information content (AvgIpc) is 2.39. The number of nitrogens with zero attached hydrogens (tertiary/aromatic N) is 1. The molecule has 0 unspecified atom stereocenters. The largest absolute Gasteiger partial charge is 0.492 e. The highest BCUT2D eigenvalue weighted by Gasteiger charge is 2.10. The van der Waals surface area contributed by atoms with Crippen LogP contribution in [0.15, 0.2) is 24.3 Å². The highest BCUT2D eigenvalue weighted by atomic mass is 16.5. The molecule has 0 atom stereocenters. The Balaban J connectivity index is 2.38. The van der Waals surface area contributed by atoms with Crippen molar-refractivity contribution in [2.24, 2.45) is 11.7 Å². The molecule has 1 aromatic rings. The van der Waals surface area contributed by atoms with Gasteiger partial charge in [0.2, 0.25) is 0 Å². The topological polar surface area (TPSA) is 38.5 Å². The molecular formula is C17H30N2O. The van der Waals surface area contributed by atoms with Crippen molar-refractivity contribution in [1.29, 1.82) is 0 Å². The summed E-state index contributed by atoms with van der Waals surface area (Å²) in [6, 6.07) is 8.82. The van der Waals surface area contributed by atoms with Crippen molar-refractivity contribution in [3.63, 3.8) is 0 Å². The van der Waals surface area contributed by atoms with Gasteiger partial charge in [-0.3, -0.25) is 4.90 Å². The molecule has 0 aromatic heterocycles. The molecule has 0 saturated carbocycles. The highest BCUT2D eigenvalue weighted by molar-refractivity contribution is 5.27. The zero-order valence-electron chi connectivity index (χ0n) is 13.4. The van der Waals surface area contributed by atoms with E-state index in [0.29, 0.717) is 18.5 Å². The molecule has 0 saturated heterocycles. The number of hydrogen-bond acceptors (Lipinski definition) is 3. The second-order valence-corrected chi connectivity index (χ2v) is 6.01. The second kappa shape index (κ2) is 8.98. The standard InChI is InChI=1S/C17H30N2O/c1-14(2)13-19(15(3)4)11-12-20-17-7-5-16(6-8-17)9-10-18/h5-8,14-15H,9-13,18H2,1-4H3. The Labute approximate surface area is 124 Å². The van der Waals surface area contributed by atoms with Crippen LogP contribution in [0.3, 0.4) is 0 Å². The van der Waals surface area contributed by atoms with Gasteiger partial charge in [-0.1, -0.05) is 26.0 Å². The van der Waals surface area contributed by atoms with Crippen LogP contribution < -0.4 is 10.5 Å². The van der Waals surface area contributed by atoms with Gasteiger partial charge in [0.1, 0.15) is 12.4 Å². The first-order valence-corrected chi connectivity index (χ1v) is 7.68. The van der Waals surface area contributed by atoms with Gasteiger partial charge < -0.3 is 10.5 Å². The van der Waals surface area contributed by atoms with Crippen LogP contribution in [-0.2, 0) is 6.42 Å². The first kappa shape index (κ1) is 17.0. The van der Waals surface area contributed by atoms with Crippen LogP contribution in [0, 0.1) is 5.92 Å². The molecule has 2 N–H and O–H groups in total. The van der Waals surface area contributed by atoms with Gasteiger partial charge in [-0.15, -0.1) is 0 Å². The fraction of sp³-hybridized carbons (Fsp3) is 0.647. The molecule has 0 bridgehead atoms. The van der Waals surface area contributed by atoms with E-state index in [-0.39, 0.29) is 0 Å². The molecule has 0 amide bonds. The van der Waals surface area contributed by atoms with E-state index >= 15 is 0 Å². The highest BCUT2D eigenvalue weighted by Crippen LogP contribution is 2.13. The Morgan fingerprint density at radius 3 is 2.25 bits per heavy atom. The predicted octanol–water partition coefficient (Wildman–Crippen LogP) is 2.93. The summed E-state index contributed by atoms with van der Waals surface area (Å²) in [4.78, 5) is 2.47. The van der Waals surface area contributed by atoms with Crippen LogP contribution in [0.4, 0.5) is 0 Å². The lowest BCUT2D eigenvalue weighted by Crippen LogP contribution is -2.37. The first-order chi connectivity index (χ1) is 9.52. The van der Waals surface area contributed by atoms with Gasteiger partial charge in [0.15, 0.2) is 0 Å². The van der Waals surface area contributed by atoms with Crippen molar-refractivity contribution in [3.05, 3.63) is 29.8 Å². The smallest absolute Gasteiger partial charge is 0.119 e. The third kappa shape index (κ3) is 6.40. The molecule has 1 rings (SSSR count). The summed E-state index contributed by atoms with van der Waals surface area (Å²) in [6.07, 6.45) is 0.926. The molecule has 20 heavy (non-hydrogen) atoms. The van der Waals surface area contributed by atoms with Gasteiger partial charge in [0.25, 0.3) is 0 Å². The van der Waals surface area contributed by atoms with Crippen LogP contribution in [-0.4, -0.2) is 37.2 Å². The van der Waals surface area contributed by atoms with Crippen molar-refractivity contribution >= 4 is 0 Å². The van der Waals surface area contributed by atoms with E-state index in [4.69, 9.17) is 10.5 Å². The van der Waals surface area contributed by atoms with Crippen molar-refractivity contribution in [1.82, 2.24) is 4.90 Å². The number of rotatable bonds is 9. The zero-order valence-corrected chi connectivity index (χ0v) is 13.4. The summed E-state index contributed by atoms with van der Waals surface area (Å²) in [5, 5.41) is 0. The Morgan fingerprint density at radius 1 is 1.10 bits per heavy atom. The minimum absolute atomic E-state index is 0.563. The van der Waals surface area contributed by atoms with Gasteiger partial charge >= 0.3 is 0 Å². The van der Waals surface area contributed by atoms with E-state index in [9.17, 15) is 0 Å². The molecule has 114 valence electrons. The number of nitrogens with two attached hydrogens (primary N) is 1. The fourth-order valence-electron chi connectivity index (χ4n) is 2.23. The average molecular weight is 278 g/mol. The van der Waals surface area contributed by atoms with E-state index < -0.39 is 0 Å². The lowest BCUT2D eigenvalue weighted by molar-refractivity contribution is 0.160. The van der Waals surface area contributed by atoms with Gasteiger partial charge in [0.05, 0.1) is 0 Å². The van der Waals surface area contributed by atoms with Crippen molar-refractivity contribution in [2.75, 3.05) is 26.2 Å². The third-order valence-electron chi connectivity index (χ3n) is 3.33. The van der Waals surface area contributed by atoms with Gasteiger partial charge in [0, 0.05) is 19.1 Å². The molecule has 0 fully saturated rings. The fourth-order valence-corrected chi connectivity index (χ4v) is 2.23.